The molecule has 0 aliphatic rings. The number of Topliss-reactive ketones (excluding diaryl/α,β-unsaturated/α-hetero) is 1. The lowest BCUT2D eigenvalue weighted by Gasteiger charge is -2.17. The summed E-state index contributed by atoms with van der Waals surface area (Å²) in [5.74, 6) is -1.28. The second-order valence-electron chi connectivity index (χ2n) is 6.90. The lowest BCUT2D eigenvalue weighted by molar-refractivity contribution is -0.139. The van der Waals surface area contributed by atoms with Crippen molar-refractivity contribution in [1.29, 1.82) is 0 Å². The molecule has 1 unspecified atom stereocenters. The smallest absolute Gasteiger partial charge is 0.310 e. The Balaban J connectivity index is 2.12. The van der Waals surface area contributed by atoms with Gasteiger partial charge in [0.05, 0.1) is 5.92 Å². The first-order chi connectivity index (χ1) is 13.5. The van der Waals surface area contributed by atoms with E-state index in [-0.39, 0.29) is 12.4 Å². The van der Waals surface area contributed by atoms with Crippen LogP contribution in [0.1, 0.15) is 66.4 Å². The van der Waals surface area contributed by atoms with Crippen LogP contribution in [0.5, 0.6) is 5.75 Å². The summed E-state index contributed by atoms with van der Waals surface area (Å²) in [7, 11) is 0. The molecule has 2 rings (SSSR count). The van der Waals surface area contributed by atoms with E-state index >= 15 is 0 Å². The number of aliphatic carboxylic acids is 1. The molecular formula is C23H28O5. The van der Waals surface area contributed by atoms with Gasteiger partial charge in [0.1, 0.15) is 12.4 Å². The normalized spacial score (nSPS) is 11.8. The minimum absolute atomic E-state index is 0.154. The van der Waals surface area contributed by atoms with Gasteiger partial charge in [0, 0.05) is 12.2 Å². The molecule has 2 N–H and O–H groups in total. The Hall–Kier alpha value is -2.66. The Bertz CT molecular complexity index is 770. The molecular weight excluding hydrogens is 356 g/mol. The van der Waals surface area contributed by atoms with Gasteiger partial charge in [-0.25, -0.2) is 0 Å². The molecule has 0 bridgehead atoms. The quantitative estimate of drug-likeness (QED) is 0.413. The molecule has 2 aromatic rings. The molecule has 1 atom stereocenters. The molecule has 0 fully saturated rings. The Morgan fingerprint density at radius 3 is 2.36 bits per heavy atom. The highest BCUT2D eigenvalue weighted by Crippen LogP contribution is 2.30. The SMILES string of the molecule is CC(=O)c1cc(OCc2ccccc2)ccc1C(CCCCCCO)C(=O)O. The van der Waals surface area contributed by atoms with Gasteiger partial charge in [0.25, 0.3) is 0 Å². The average molecular weight is 384 g/mol. The standard InChI is InChI=1S/C23H28O5/c1-17(25)22-15-19(28-16-18-9-5-4-6-10-18)12-13-20(22)21(23(26)27)11-7-2-3-8-14-24/h4-6,9-10,12-13,15,21,24H,2-3,7-8,11,14,16H2,1H3,(H,26,27). The van der Waals surface area contributed by atoms with Crippen LogP contribution >= 0.6 is 0 Å². The first kappa shape index (κ1) is 21.6. The molecule has 28 heavy (non-hydrogen) atoms. The van der Waals surface area contributed by atoms with Gasteiger partial charge in [-0.15, -0.1) is 0 Å². The van der Waals surface area contributed by atoms with Crippen LogP contribution in [0, 0.1) is 0 Å². The second kappa shape index (κ2) is 11.2. The van der Waals surface area contributed by atoms with E-state index in [2.05, 4.69) is 0 Å². The van der Waals surface area contributed by atoms with Crippen LogP contribution in [-0.4, -0.2) is 28.6 Å². The molecule has 0 radical (unpaired) electrons. The topological polar surface area (TPSA) is 83.8 Å². The van der Waals surface area contributed by atoms with Crippen molar-refractivity contribution in [2.75, 3.05) is 6.61 Å². The van der Waals surface area contributed by atoms with Gasteiger partial charge < -0.3 is 14.9 Å². The molecule has 0 amide bonds. The number of carboxylic acid groups (broad SMARTS) is 1. The molecule has 5 heteroatoms. The van der Waals surface area contributed by atoms with Gasteiger partial charge in [0.15, 0.2) is 5.78 Å². The number of carboxylic acids is 1. The van der Waals surface area contributed by atoms with Crippen molar-refractivity contribution < 1.29 is 24.5 Å². The predicted octanol–water partition coefficient (Wildman–Crippen LogP) is 4.58. The number of carbonyl (C=O) groups excluding carboxylic acids is 1. The Morgan fingerprint density at radius 1 is 1.00 bits per heavy atom. The number of hydrogen-bond acceptors (Lipinski definition) is 4. The van der Waals surface area contributed by atoms with Crippen LogP contribution in [0.4, 0.5) is 0 Å². The monoisotopic (exact) mass is 384 g/mol. The predicted molar refractivity (Wildman–Crippen MR) is 108 cm³/mol. The number of aliphatic hydroxyl groups is 1. The lowest BCUT2D eigenvalue weighted by atomic mass is 9.88. The highest BCUT2D eigenvalue weighted by molar-refractivity contribution is 5.97. The highest BCUT2D eigenvalue weighted by Gasteiger charge is 2.24. The van der Waals surface area contributed by atoms with Crippen LogP contribution < -0.4 is 4.74 Å². The molecule has 0 aliphatic heterocycles. The first-order valence-corrected chi connectivity index (χ1v) is 9.68. The zero-order valence-corrected chi connectivity index (χ0v) is 16.3. The van der Waals surface area contributed by atoms with Crippen molar-refractivity contribution in [1.82, 2.24) is 0 Å². The van der Waals surface area contributed by atoms with Crippen molar-refractivity contribution >= 4 is 11.8 Å². The molecule has 0 aliphatic carbocycles. The van der Waals surface area contributed by atoms with Crippen molar-refractivity contribution in [2.24, 2.45) is 0 Å². The second-order valence-corrected chi connectivity index (χ2v) is 6.90. The maximum absolute atomic E-state index is 12.2. The molecule has 0 spiro atoms. The number of rotatable bonds is 12. The summed E-state index contributed by atoms with van der Waals surface area (Å²) in [6, 6.07) is 14.8. The fraction of sp³-hybridized carbons (Fsp3) is 0.391. The maximum Gasteiger partial charge on any atom is 0.310 e. The fourth-order valence-electron chi connectivity index (χ4n) is 3.20. The lowest BCUT2D eigenvalue weighted by Crippen LogP contribution is -2.15. The van der Waals surface area contributed by atoms with Gasteiger partial charge in [-0.1, -0.05) is 55.7 Å². The van der Waals surface area contributed by atoms with Gasteiger partial charge in [-0.2, -0.15) is 0 Å². The Kier molecular flexibility index (Phi) is 8.69. The summed E-state index contributed by atoms with van der Waals surface area (Å²) in [6.07, 6.45) is 3.66. The minimum Gasteiger partial charge on any atom is -0.489 e. The van der Waals surface area contributed by atoms with Crippen LogP contribution in [-0.2, 0) is 11.4 Å². The highest BCUT2D eigenvalue weighted by atomic mass is 16.5. The number of benzene rings is 2. The van der Waals surface area contributed by atoms with Gasteiger partial charge in [-0.05, 0) is 43.0 Å². The van der Waals surface area contributed by atoms with Crippen LogP contribution in [0.3, 0.4) is 0 Å². The minimum atomic E-state index is -0.928. The van der Waals surface area contributed by atoms with Crippen LogP contribution in [0.15, 0.2) is 48.5 Å². The number of hydrogen-bond donors (Lipinski definition) is 2. The van der Waals surface area contributed by atoms with Crippen molar-refractivity contribution in [3.8, 4) is 5.75 Å². The van der Waals surface area contributed by atoms with E-state index in [0.29, 0.717) is 29.9 Å². The third-order valence-corrected chi connectivity index (χ3v) is 4.73. The summed E-state index contributed by atoms with van der Waals surface area (Å²) in [5, 5.41) is 18.5. The Labute approximate surface area is 166 Å². The zero-order valence-electron chi connectivity index (χ0n) is 16.3. The van der Waals surface area contributed by atoms with Crippen molar-refractivity contribution in [3.63, 3.8) is 0 Å². The fourth-order valence-corrected chi connectivity index (χ4v) is 3.20. The van der Waals surface area contributed by atoms with E-state index in [0.717, 1.165) is 31.2 Å². The summed E-state index contributed by atoms with van der Waals surface area (Å²) in [5.41, 5.74) is 1.95. The largest absolute Gasteiger partial charge is 0.489 e. The zero-order chi connectivity index (χ0) is 20.4. The number of ketones is 1. The van der Waals surface area contributed by atoms with Gasteiger partial charge in [0.2, 0.25) is 0 Å². The summed E-state index contributed by atoms with van der Waals surface area (Å²) in [6.45, 7) is 1.98. The molecule has 150 valence electrons. The van der Waals surface area contributed by atoms with E-state index in [9.17, 15) is 14.7 Å². The van der Waals surface area contributed by atoms with Crippen LogP contribution in [0.2, 0.25) is 0 Å². The summed E-state index contributed by atoms with van der Waals surface area (Å²) < 4.78 is 5.78. The number of carbonyl (C=O) groups is 2. The number of ether oxygens (including phenoxy) is 1. The molecule has 0 aromatic heterocycles. The molecule has 5 nitrogen and oxygen atoms in total. The van der Waals surface area contributed by atoms with Gasteiger partial charge >= 0.3 is 5.97 Å². The molecule has 0 saturated heterocycles. The van der Waals surface area contributed by atoms with E-state index < -0.39 is 11.9 Å². The Morgan fingerprint density at radius 2 is 1.71 bits per heavy atom. The van der Waals surface area contributed by atoms with Crippen molar-refractivity contribution in [2.45, 2.75) is 51.6 Å². The van der Waals surface area contributed by atoms with E-state index in [1.54, 1.807) is 18.2 Å². The number of aliphatic hydroxyl groups excluding tert-OH is 1. The third-order valence-electron chi connectivity index (χ3n) is 4.73. The van der Waals surface area contributed by atoms with Gasteiger partial charge in [-0.3, -0.25) is 9.59 Å². The van der Waals surface area contributed by atoms with Crippen molar-refractivity contribution in [3.05, 3.63) is 65.2 Å². The molecule has 0 heterocycles. The number of unbranched alkanes of at least 4 members (excludes halogenated alkanes) is 3. The van der Waals surface area contributed by atoms with Crippen LogP contribution in [0.25, 0.3) is 0 Å². The summed E-state index contributed by atoms with van der Waals surface area (Å²) >= 11 is 0. The molecule has 2 aromatic carbocycles. The molecule has 0 saturated carbocycles. The van der Waals surface area contributed by atoms with E-state index in [1.165, 1.54) is 6.92 Å². The third kappa shape index (κ3) is 6.50. The van der Waals surface area contributed by atoms with E-state index in [1.807, 2.05) is 30.3 Å². The van der Waals surface area contributed by atoms with E-state index in [4.69, 9.17) is 9.84 Å². The first-order valence-electron chi connectivity index (χ1n) is 9.68. The summed E-state index contributed by atoms with van der Waals surface area (Å²) in [4.78, 5) is 24.0. The maximum atomic E-state index is 12.2. The average Bonchev–Trinajstić information content (AvgIpc) is 2.69.